The minimum absolute atomic E-state index is 0.0744. The summed E-state index contributed by atoms with van der Waals surface area (Å²) >= 11 is 1.49. The highest BCUT2D eigenvalue weighted by Crippen LogP contribution is 2.35. The summed E-state index contributed by atoms with van der Waals surface area (Å²) in [5.41, 5.74) is 2.01. The minimum atomic E-state index is 0.0744. The zero-order chi connectivity index (χ0) is 17.7. The van der Waals surface area contributed by atoms with Crippen LogP contribution in [-0.2, 0) is 0 Å². The molecule has 7 heteroatoms. The van der Waals surface area contributed by atoms with Crippen LogP contribution in [0.15, 0.2) is 36.8 Å². The van der Waals surface area contributed by atoms with Gasteiger partial charge in [-0.3, -0.25) is 4.79 Å². The third-order valence-corrected chi connectivity index (χ3v) is 6.44. The number of likely N-dealkylation sites (tertiary alicyclic amines) is 1. The molecule has 0 radical (unpaired) electrons. The van der Waals surface area contributed by atoms with Crippen molar-refractivity contribution in [2.24, 2.45) is 11.8 Å². The van der Waals surface area contributed by atoms with Gasteiger partial charge in [-0.1, -0.05) is 12.1 Å². The van der Waals surface area contributed by atoms with E-state index >= 15 is 0 Å². The van der Waals surface area contributed by atoms with Crippen molar-refractivity contribution >= 4 is 33.3 Å². The maximum atomic E-state index is 12.9. The summed E-state index contributed by atoms with van der Waals surface area (Å²) in [5.74, 6) is 2.11. The lowest BCUT2D eigenvalue weighted by atomic mass is 10.0. The third-order valence-electron chi connectivity index (χ3n) is 5.42. The van der Waals surface area contributed by atoms with Crippen molar-refractivity contribution in [2.45, 2.75) is 6.92 Å². The van der Waals surface area contributed by atoms with Gasteiger partial charge < -0.3 is 9.80 Å². The number of benzene rings is 1. The average molecular weight is 365 g/mol. The summed E-state index contributed by atoms with van der Waals surface area (Å²) in [6.45, 7) is 5.56. The second-order valence-electron chi connectivity index (χ2n) is 7.15. The molecular formula is C19H19N5OS. The van der Waals surface area contributed by atoms with Crippen molar-refractivity contribution in [3.63, 3.8) is 0 Å². The highest BCUT2D eigenvalue weighted by Gasteiger charge is 2.42. The van der Waals surface area contributed by atoms with E-state index in [0.29, 0.717) is 16.8 Å². The zero-order valence-corrected chi connectivity index (χ0v) is 15.3. The number of aromatic nitrogens is 3. The van der Waals surface area contributed by atoms with Crippen molar-refractivity contribution < 1.29 is 4.79 Å². The number of amides is 1. The van der Waals surface area contributed by atoms with Gasteiger partial charge in [0.15, 0.2) is 5.01 Å². The second kappa shape index (κ2) is 6.02. The molecule has 2 atom stereocenters. The second-order valence-corrected chi connectivity index (χ2v) is 8.18. The fraction of sp³-hybridized carbons (Fsp3) is 0.368. The number of para-hydroxylation sites is 1. The fourth-order valence-electron chi connectivity index (χ4n) is 4.15. The van der Waals surface area contributed by atoms with Crippen LogP contribution in [0, 0.1) is 18.8 Å². The van der Waals surface area contributed by atoms with Gasteiger partial charge in [-0.25, -0.2) is 15.0 Å². The van der Waals surface area contributed by atoms with Gasteiger partial charge in [0.1, 0.15) is 12.1 Å². The lowest BCUT2D eigenvalue weighted by molar-refractivity contribution is 0.0782. The summed E-state index contributed by atoms with van der Waals surface area (Å²) in [5, 5.41) is 0.606. The minimum Gasteiger partial charge on any atom is -0.356 e. The molecule has 6 nitrogen and oxygen atoms in total. The Morgan fingerprint density at radius 3 is 2.65 bits per heavy atom. The molecule has 0 aliphatic carbocycles. The van der Waals surface area contributed by atoms with E-state index in [1.165, 1.54) is 11.3 Å². The van der Waals surface area contributed by atoms with Crippen LogP contribution < -0.4 is 4.90 Å². The number of fused-ring (bicyclic) bond motifs is 2. The predicted molar refractivity (Wildman–Crippen MR) is 101 cm³/mol. The Morgan fingerprint density at radius 1 is 1.15 bits per heavy atom. The largest absolute Gasteiger partial charge is 0.356 e. The Morgan fingerprint density at radius 2 is 1.92 bits per heavy atom. The Balaban J connectivity index is 1.30. The van der Waals surface area contributed by atoms with Gasteiger partial charge in [0.2, 0.25) is 0 Å². The first-order valence-electron chi connectivity index (χ1n) is 8.85. The predicted octanol–water partition coefficient (Wildman–Crippen LogP) is 2.60. The first-order chi connectivity index (χ1) is 12.7. The van der Waals surface area contributed by atoms with E-state index in [-0.39, 0.29) is 5.91 Å². The quantitative estimate of drug-likeness (QED) is 0.699. The topological polar surface area (TPSA) is 62.2 Å². The molecule has 2 aromatic heterocycles. The molecule has 1 aromatic carbocycles. The Kier molecular flexibility index (Phi) is 3.63. The van der Waals surface area contributed by atoms with Crippen molar-refractivity contribution in [3.8, 4) is 0 Å². The third kappa shape index (κ3) is 2.54. The van der Waals surface area contributed by atoms with Crippen LogP contribution in [0.1, 0.15) is 15.4 Å². The van der Waals surface area contributed by atoms with Crippen LogP contribution in [0.4, 0.5) is 5.82 Å². The van der Waals surface area contributed by atoms with Crippen LogP contribution in [-0.4, -0.2) is 51.9 Å². The molecule has 0 N–H and O–H groups in total. The van der Waals surface area contributed by atoms with Gasteiger partial charge in [-0.2, -0.15) is 0 Å². The van der Waals surface area contributed by atoms with Crippen molar-refractivity contribution in [2.75, 3.05) is 31.1 Å². The molecule has 2 fully saturated rings. The molecule has 0 saturated carbocycles. The molecule has 2 aliphatic heterocycles. The molecule has 26 heavy (non-hydrogen) atoms. The summed E-state index contributed by atoms with van der Waals surface area (Å²) in [6, 6.07) is 7.92. The van der Waals surface area contributed by atoms with E-state index in [1.807, 2.05) is 42.3 Å². The van der Waals surface area contributed by atoms with Crippen molar-refractivity contribution in [3.05, 3.63) is 47.4 Å². The van der Waals surface area contributed by atoms with Crippen LogP contribution in [0.5, 0.6) is 0 Å². The molecule has 4 heterocycles. The molecule has 0 bridgehead atoms. The molecule has 0 spiro atoms. The van der Waals surface area contributed by atoms with E-state index < -0.39 is 0 Å². The van der Waals surface area contributed by atoms with E-state index in [0.717, 1.165) is 47.8 Å². The normalized spacial score (nSPS) is 22.2. The molecule has 2 saturated heterocycles. The van der Waals surface area contributed by atoms with Gasteiger partial charge in [0.25, 0.3) is 5.91 Å². The standard InChI is InChI=1S/C19H19N5OS/c1-12-6-20-11-21-17(12)23-7-13-9-24(10-14(13)8-23)19(25)18-22-15-4-2-3-5-16(15)26-18/h2-6,11,13-14H,7-10H2,1H3. The van der Waals surface area contributed by atoms with E-state index in [1.54, 1.807) is 6.33 Å². The summed E-state index contributed by atoms with van der Waals surface area (Å²) in [4.78, 5) is 30.3. The number of anilines is 1. The van der Waals surface area contributed by atoms with Crippen LogP contribution in [0.3, 0.4) is 0 Å². The first-order valence-corrected chi connectivity index (χ1v) is 9.67. The number of thiazole rings is 1. The molecule has 132 valence electrons. The SMILES string of the molecule is Cc1cncnc1N1CC2CN(C(=O)c3nc4ccccc4s3)CC2C1. The smallest absolute Gasteiger partial charge is 0.282 e. The van der Waals surface area contributed by atoms with E-state index in [2.05, 4.69) is 19.9 Å². The summed E-state index contributed by atoms with van der Waals surface area (Å²) in [7, 11) is 0. The van der Waals surface area contributed by atoms with Crippen LogP contribution in [0.25, 0.3) is 10.2 Å². The van der Waals surface area contributed by atoms with Gasteiger partial charge in [-0.05, 0) is 19.1 Å². The molecule has 5 rings (SSSR count). The monoisotopic (exact) mass is 365 g/mol. The Labute approximate surface area is 155 Å². The van der Waals surface area contributed by atoms with E-state index in [4.69, 9.17) is 0 Å². The van der Waals surface area contributed by atoms with Gasteiger partial charge in [0.05, 0.1) is 10.2 Å². The van der Waals surface area contributed by atoms with E-state index in [9.17, 15) is 4.79 Å². The maximum absolute atomic E-state index is 12.9. The Bertz CT molecular complexity index is 940. The number of hydrogen-bond donors (Lipinski definition) is 0. The van der Waals surface area contributed by atoms with Gasteiger partial charge >= 0.3 is 0 Å². The number of rotatable bonds is 2. The molecule has 1 amide bonds. The highest BCUT2D eigenvalue weighted by molar-refractivity contribution is 7.20. The Hall–Kier alpha value is -2.54. The lowest BCUT2D eigenvalue weighted by Crippen LogP contribution is -2.33. The van der Waals surface area contributed by atoms with Crippen molar-refractivity contribution in [1.82, 2.24) is 19.9 Å². The van der Waals surface area contributed by atoms with Crippen molar-refractivity contribution in [1.29, 1.82) is 0 Å². The fourth-order valence-corrected chi connectivity index (χ4v) is 5.09. The maximum Gasteiger partial charge on any atom is 0.282 e. The number of aryl methyl sites for hydroxylation is 1. The number of carbonyl (C=O) groups excluding carboxylic acids is 1. The molecule has 2 unspecified atom stereocenters. The summed E-state index contributed by atoms with van der Waals surface area (Å²) in [6.07, 6.45) is 3.47. The summed E-state index contributed by atoms with van der Waals surface area (Å²) < 4.78 is 1.07. The number of carbonyl (C=O) groups is 1. The van der Waals surface area contributed by atoms with Crippen LogP contribution >= 0.6 is 11.3 Å². The molecular weight excluding hydrogens is 346 g/mol. The lowest BCUT2D eigenvalue weighted by Gasteiger charge is -2.22. The average Bonchev–Trinajstić information content (AvgIpc) is 3.33. The zero-order valence-electron chi connectivity index (χ0n) is 14.5. The molecule has 2 aliphatic rings. The molecule has 3 aromatic rings. The number of hydrogen-bond acceptors (Lipinski definition) is 6. The van der Waals surface area contributed by atoms with Gasteiger partial charge in [0, 0.05) is 49.8 Å². The number of nitrogens with zero attached hydrogens (tertiary/aromatic N) is 5. The first kappa shape index (κ1) is 15.7. The van der Waals surface area contributed by atoms with Crippen LogP contribution in [0.2, 0.25) is 0 Å². The highest BCUT2D eigenvalue weighted by atomic mass is 32.1. The van der Waals surface area contributed by atoms with Gasteiger partial charge in [-0.15, -0.1) is 11.3 Å².